The fourth-order valence-electron chi connectivity index (χ4n) is 1.49. The van der Waals surface area contributed by atoms with Crippen molar-refractivity contribution in [3.8, 4) is 0 Å². The Bertz CT molecular complexity index is 591. The summed E-state index contributed by atoms with van der Waals surface area (Å²) >= 11 is 0.519. The van der Waals surface area contributed by atoms with Crippen molar-refractivity contribution in [1.29, 1.82) is 0 Å². The SMILES string of the molecule is CC(=O)SC(Cc1cccc(P(=O)(O)O)c1)P(=O)(O)O. The molecular weight excluding hydrogens is 326 g/mol. The van der Waals surface area contributed by atoms with Crippen LogP contribution in [0.3, 0.4) is 0 Å². The average molecular weight is 340 g/mol. The third-order valence-electron chi connectivity index (χ3n) is 2.33. The lowest BCUT2D eigenvalue weighted by Crippen LogP contribution is -2.12. The summed E-state index contributed by atoms with van der Waals surface area (Å²) in [7, 11) is -8.93. The van der Waals surface area contributed by atoms with E-state index in [1.165, 1.54) is 31.2 Å². The van der Waals surface area contributed by atoms with Gasteiger partial charge in [-0.15, -0.1) is 0 Å². The Balaban J connectivity index is 3.03. The van der Waals surface area contributed by atoms with Gasteiger partial charge in [0, 0.05) is 6.92 Å². The van der Waals surface area contributed by atoms with Crippen LogP contribution in [-0.4, -0.2) is 29.7 Å². The Morgan fingerprint density at radius 2 is 1.85 bits per heavy atom. The fourth-order valence-corrected chi connectivity index (χ4v) is 4.20. The van der Waals surface area contributed by atoms with E-state index >= 15 is 0 Å². The number of thioether (sulfide) groups is 1. The van der Waals surface area contributed by atoms with E-state index < -0.39 is 25.3 Å². The van der Waals surface area contributed by atoms with Crippen LogP contribution in [0, 0.1) is 0 Å². The lowest BCUT2D eigenvalue weighted by atomic mass is 10.2. The van der Waals surface area contributed by atoms with Crippen LogP contribution in [-0.2, 0) is 20.3 Å². The first kappa shape index (κ1) is 17.6. The second-order valence-corrected chi connectivity index (χ2v) is 9.21. The third-order valence-corrected chi connectivity index (χ3v) is 6.13. The maximum atomic E-state index is 11.3. The molecule has 0 aliphatic carbocycles. The molecule has 0 aliphatic heterocycles. The number of benzene rings is 1. The fraction of sp³-hybridized carbons (Fsp3) is 0.300. The molecule has 7 nitrogen and oxygen atoms in total. The topological polar surface area (TPSA) is 132 Å². The Kier molecular flexibility index (Phi) is 5.75. The third kappa shape index (κ3) is 5.50. The van der Waals surface area contributed by atoms with Crippen LogP contribution in [0.2, 0.25) is 0 Å². The van der Waals surface area contributed by atoms with Crippen molar-refractivity contribution in [2.24, 2.45) is 0 Å². The van der Waals surface area contributed by atoms with E-state index in [2.05, 4.69) is 0 Å². The summed E-state index contributed by atoms with van der Waals surface area (Å²) in [6, 6.07) is 5.29. The van der Waals surface area contributed by atoms with Crippen LogP contribution in [0.15, 0.2) is 24.3 Å². The van der Waals surface area contributed by atoms with Crippen molar-refractivity contribution >= 4 is 37.4 Å². The summed E-state index contributed by atoms with van der Waals surface area (Å²) < 4.78 is 22.4. The summed E-state index contributed by atoms with van der Waals surface area (Å²) in [6.45, 7) is 1.19. The molecule has 1 aromatic carbocycles. The molecule has 0 radical (unpaired) electrons. The van der Waals surface area contributed by atoms with Gasteiger partial charge >= 0.3 is 15.2 Å². The van der Waals surface area contributed by atoms with Crippen molar-refractivity contribution in [3.63, 3.8) is 0 Å². The molecule has 0 amide bonds. The summed E-state index contributed by atoms with van der Waals surface area (Å²) in [5.74, 6) is 0. The minimum Gasteiger partial charge on any atom is -0.324 e. The Morgan fingerprint density at radius 3 is 2.30 bits per heavy atom. The molecule has 0 aliphatic rings. The van der Waals surface area contributed by atoms with Gasteiger partial charge in [0.1, 0.15) is 4.99 Å². The summed E-state index contributed by atoms with van der Waals surface area (Å²) in [5, 5.41) is -0.670. The van der Waals surface area contributed by atoms with Crippen molar-refractivity contribution in [2.45, 2.75) is 18.3 Å². The van der Waals surface area contributed by atoms with Gasteiger partial charge in [-0.05, 0) is 24.1 Å². The first-order valence-corrected chi connectivity index (χ1v) is 9.55. The average Bonchev–Trinajstić information content (AvgIpc) is 2.25. The van der Waals surface area contributed by atoms with Crippen LogP contribution in [0.5, 0.6) is 0 Å². The van der Waals surface area contributed by atoms with E-state index in [0.717, 1.165) is 0 Å². The molecule has 1 unspecified atom stereocenters. The first-order valence-electron chi connectivity index (χ1n) is 5.37. The second-order valence-electron chi connectivity index (χ2n) is 4.07. The smallest absolute Gasteiger partial charge is 0.324 e. The van der Waals surface area contributed by atoms with Crippen LogP contribution < -0.4 is 5.30 Å². The minimum absolute atomic E-state index is 0.164. The van der Waals surface area contributed by atoms with Gasteiger partial charge in [0.15, 0.2) is 5.12 Å². The highest BCUT2D eigenvalue weighted by atomic mass is 32.2. The molecule has 0 fully saturated rings. The van der Waals surface area contributed by atoms with Gasteiger partial charge in [-0.2, -0.15) is 0 Å². The van der Waals surface area contributed by atoms with Crippen molar-refractivity contribution in [3.05, 3.63) is 29.8 Å². The van der Waals surface area contributed by atoms with Gasteiger partial charge in [-0.25, -0.2) is 0 Å². The molecule has 112 valence electrons. The standard InChI is InChI=1S/C10H14O7P2S/c1-7(11)20-10(19(15,16)17)6-8-3-2-4-9(5-8)18(12,13)14/h2-5,10H,6H2,1H3,(H2,12,13,14)(H2,15,16,17). The summed E-state index contributed by atoms with van der Waals surface area (Å²) in [6.07, 6.45) is -0.164. The quantitative estimate of drug-likeness (QED) is 0.579. The summed E-state index contributed by atoms with van der Waals surface area (Å²) in [5.41, 5.74) is 0.341. The van der Waals surface area contributed by atoms with E-state index in [1.807, 2.05) is 0 Å². The molecule has 0 aromatic heterocycles. The maximum absolute atomic E-state index is 11.3. The zero-order valence-corrected chi connectivity index (χ0v) is 13.0. The Morgan fingerprint density at radius 1 is 1.25 bits per heavy atom. The molecular formula is C10H14O7P2S. The molecule has 1 rings (SSSR count). The number of carbonyl (C=O) groups is 1. The highest BCUT2D eigenvalue weighted by Gasteiger charge is 2.31. The Hall–Kier alpha value is -0.460. The molecule has 0 bridgehead atoms. The number of hydrogen-bond acceptors (Lipinski definition) is 4. The molecule has 4 N–H and O–H groups in total. The van der Waals surface area contributed by atoms with E-state index in [4.69, 9.17) is 9.79 Å². The van der Waals surface area contributed by atoms with Crippen molar-refractivity contribution in [1.82, 2.24) is 0 Å². The molecule has 1 aromatic rings. The normalized spacial score (nSPS) is 14.1. The lowest BCUT2D eigenvalue weighted by Gasteiger charge is -2.17. The predicted octanol–water partition coefficient (Wildman–Crippen LogP) is 0.816. The summed E-state index contributed by atoms with van der Waals surface area (Å²) in [4.78, 5) is 46.2. The molecule has 0 saturated carbocycles. The van der Waals surface area contributed by atoms with Crippen LogP contribution in [0.25, 0.3) is 0 Å². The first-order chi connectivity index (χ1) is 9.00. The van der Waals surface area contributed by atoms with Crippen LogP contribution in [0.4, 0.5) is 0 Å². The van der Waals surface area contributed by atoms with E-state index in [9.17, 15) is 23.7 Å². The van der Waals surface area contributed by atoms with Gasteiger partial charge in [0.25, 0.3) is 0 Å². The van der Waals surface area contributed by atoms with Crippen molar-refractivity contribution < 1.29 is 33.5 Å². The number of carbonyl (C=O) groups excluding carboxylic acids is 1. The zero-order chi connectivity index (χ0) is 15.6. The number of rotatable bonds is 5. The highest BCUT2D eigenvalue weighted by Crippen LogP contribution is 2.49. The molecule has 0 heterocycles. The lowest BCUT2D eigenvalue weighted by molar-refractivity contribution is -0.109. The second kappa shape index (κ2) is 6.54. The zero-order valence-electron chi connectivity index (χ0n) is 10.4. The monoisotopic (exact) mass is 340 g/mol. The van der Waals surface area contributed by atoms with E-state index in [-0.39, 0.29) is 11.7 Å². The van der Waals surface area contributed by atoms with Gasteiger partial charge in [-0.3, -0.25) is 13.9 Å². The minimum atomic E-state index is -4.50. The largest absolute Gasteiger partial charge is 0.356 e. The predicted molar refractivity (Wildman–Crippen MR) is 75.9 cm³/mol. The molecule has 20 heavy (non-hydrogen) atoms. The van der Waals surface area contributed by atoms with E-state index in [0.29, 0.717) is 17.3 Å². The maximum Gasteiger partial charge on any atom is 0.356 e. The Labute approximate surface area is 119 Å². The van der Waals surface area contributed by atoms with Gasteiger partial charge in [-0.1, -0.05) is 23.9 Å². The van der Waals surface area contributed by atoms with Gasteiger partial charge in [0.2, 0.25) is 0 Å². The van der Waals surface area contributed by atoms with Crippen LogP contribution >= 0.6 is 27.0 Å². The highest BCUT2D eigenvalue weighted by molar-refractivity contribution is 8.17. The van der Waals surface area contributed by atoms with Gasteiger partial charge in [0.05, 0.1) is 5.30 Å². The molecule has 10 heteroatoms. The van der Waals surface area contributed by atoms with Crippen molar-refractivity contribution in [2.75, 3.05) is 0 Å². The molecule has 0 spiro atoms. The van der Waals surface area contributed by atoms with Crippen LogP contribution in [0.1, 0.15) is 12.5 Å². The molecule has 1 atom stereocenters. The number of hydrogen-bond donors (Lipinski definition) is 4. The molecule has 0 saturated heterocycles. The van der Waals surface area contributed by atoms with Gasteiger partial charge < -0.3 is 19.6 Å². The van der Waals surface area contributed by atoms with E-state index in [1.54, 1.807) is 0 Å².